The first-order valence-corrected chi connectivity index (χ1v) is 15.6. The second kappa shape index (κ2) is 18.4. The first kappa shape index (κ1) is 35.1. The van der Waals surface area contributed by atoms with Crippen LogP contribution in [0.3, 0.4) is 0 Å². The van der Waals surface area contributed by atoms with Gasteiger partial charge in [0.15, 0.2) is 0 Å². The summed E-state index contributed by atoms with van der Waals surface area (Å²) < 4.78 is 23.0. The molecule has 0 aliphatic carbocycles. The molecule has 0 fully saturated rings. The Kier molecular flexibility index (Phi) is 14.4. The number of unbranched alkanes of at least 4 members (excludes halogenated alkanes) is 2. The van der Waals surface area contributed by atoms with Crippen molar-refractivity contribution in [2.24, 2.45) is 0 Å². The van der Waals surface area contributed by atoms with E-state index in [1.165, 1.54) is 5.56 Å². The smallest absolute Gasteiger partial charge is 0.333 e. The maximum absolute atomic E-state index is 11.9. The van der Waals surface area contributed by atoms with Gasteiger partial charge in [0.25, 0.3) is 0 Å². The van der Waals surface area contributed by atoms with Crippen LogP contribution in [0.2, 0.25) is 0 Å². The number of benzene rings is 3. The molecule has 0 heterocycles. The molecule has 0 radical (unpaired) electrons. The molecule has 0 bridgehead atoms. The molecular formula is C38H46O7. The zero-order valence-electron chi connectivity index (χ0n) is 26.9. The van der Waals surface area contributed by atoms with Crippen LogP contribution in [0.25, 0.3) is 22.3 Å². The quantitative estimate of drug-likeness (QED) is 0.0842. The highest BCUT2D eigenvalue weighted by atomic mass is 16.6. The van der Waals surface area contributed by atoms with Gasteiger partial charge in [0.2, 0.25) is 0 Å². The molecule has 0 aliphatic heterocycles. The topological polar surface area (TPSA) is 91.3 Å². The number of carbonyl (C=O) groups is 2. The number of ether oxygens (including phenoxy) is 4. The Morgan fingerprint density at radius 1 is 0.644 bits per heavy atom. The molecule has 0 atom stereocenters. The summed E-state index contributed by atoms with van der Waals surface area (Å²) in [7, 11) is 0. The van der Waals surface area contributed by atoms with E-state index in [-0.39, 0.29) is 33.0 Å². The zero-order chi connectivity index (χ0) is 32.6. The van der Waals surface area contributed by atoms with Crippen molar-refractivity contribution in [2.45, 2.75) is 59.3 Å². The fourth-order valence-electron chi connectivity index (χ4n) is 4.67. The summed E-state index contributed by atoms with van der Waals surface area (Å²) in [5.41, 5.74) is 6.72. The second-order valence-electron chi connectivity index (χ2n) is 11.1. The van der Waals surface area contributed by atoms with E-state index in [1.807, 2.05) is 24.3 Å². The Hall–Kier alpha value is -4.36. The van der Waals surface area contributed by atoms with Crippen LogP contribution in [0.15, 0.2) is 85.0 Å². The van der Waals surface area contributed by atoms with Crippen molar-refractivity contribution in [1.82, 2.24) is 0 Å². The van der Waals surface area contributed by atoms with Gasteiger partial charge in [-0.2, -0.15) is 0 Å². The van der Waals surface area contributed by atoms with E-state index in [2.05, 4.69) is 56.5 Å². The largest absolute Gasteiger partial charge is 0.489 e. The van der Waals surface area contributed by atoms with Crippen LogP contribution in [-0.4, -0.2) is 50.1 Å². The summed E-state index contributed by atoms with van der Waals surface area (Å²) in [5, 5.41) is 9.12. The molecule has 0 saturated heterocycles. The van der Waals surface area contributed by atoms with Gasteiger partial charge in [0, 0.05) is 17.8 Å². The summed E-state index contributed by atoms with van der Waals surface area (Å²) in [6.45, 7) is 13.3. The number of aliphatic hydroxyl groups excluding tert-OH is 1. The molecule has 0 amide bonds. The van der Waals surface area contributed by atoms with Crippen molar-refractivity contribution in [2.75, 3.05) is 33.0 Å². The summed E-state index contributed by atoms with van der Waals surface area (Å²) in [6.07, 6.45) is 5.66. The Bertz CT molecular complexity index is 1370. The number of aliphatic hydroxyl groups is 1. The van der Waals surface area contributed by atoms with E-state index < -0.39 is 11.9 Å². The third-order valence-electron chi connectivity index (χ3n) is 7.12. The maximum Gasteiger partial charge on any atom is 0.333 e. The standard InChI is InChI=1S/C38H46O7/c1-6-7-8-10-30-25-34(42-21-23-44-37(40)27(2)3)36(35(26-30)43-22-24-45-38(41)28(4)5)33-18-16-32(17-19-33)31-14-12-29(13-15-31)11-9-20-39/h12-19,25-26,39H,2,4,6-11,20-24H2,1,3,5H3. The molecule has 0 saturated carbocycles. The molecule has 3 aromatic carbocycles. The summed E-state index contributed by atoms with van der Waals surface area (Å²) in [5.74, 6) is 0.311. The zero-order valence-corrected chi connectivity index (χ0v) is 26.9. The van der Waals surface area contributed by atoms with Crippen molar-refractivity contribution in [3.63, 3.8) is 0 Å². The summed E-state index contributed by atoms with van der Waals surface area (Å²) in [4.78, 5) is 23.8. The van der Waals surface area contributed by atoms with Gasteiger partial charge >= 0.3 is 11.9 Å². The monoisotopic (exact) mass is 614 g/mol. The number of rotatable bonds is 19. The van der Waals surface area contributed by atoms with Gasteiger partial charge in [0.1, 0.15) is 37.9 Å². The fourth-order valence-corrected chi connectivity index (χ4v) is 4.67. The Labute approximate surface area is 267 Å². The predicted octanol–water partition coefficient (Wildman–Crippen LogP) is 7.67. The maximum atomic E-state index is 11.9. The molecule has 0 aliphatic rings. The van der Waals surface area contributed by atoms with Crippen LogP contribution in [0.5, 0.6) is 11.5 Å². The van der Waals surface area contributed by atoms with Gasteiger partial charge in [-0.25, -0.2) is 9.59 Å². The first-order valence-electron chi connectivity index (χ1n) is 15.6. The van der Waals surface area contributed by atoms with Crippen molar-refractivity contribution in [3.8, 4) is 33.8 Å². The summed E-state index contributed by atoms with van der Waals surface area (Å²) >= 11 is 0. The van der Waals surface area contributed by atoms with E-state index >= 15 is 0 Å². The van der Waals surface area contributed by atoms with Crippen molar-refractivity contribution in [1.29, 1.82) is 0 Å². The van der Waals surface area contributed by atoms with Gasteiger partial charge in [-0.15, -0.1) is 0 Å². The number of aryl methyl sites for hydroxylation is 2. The lowest BCUT2D eigenvalue weighted by atomic mass is 9.96. The number of hydrogen-bond acceptors (Lipinski definition) is 7. The minimum Gasteiger partial charge on any atom is -0.489 e. The van der Waals surface area contributed by atoms with E-state index in [1.54, 1.807) is 13.8 Å². The first-order chi connectivity index (χ1) is 21.7. The van der Waals surface area contributed by atoms with Gasteiger partial charge < -0.3 is 24.1 Å². The van der Waals surface area contributed by atoms with Gasteiger partial charge in [-0.3, -0.25) is 0 Å². The van der Waals surface area contributed by atoms with E-state index in [9.17, 15) is 9.59 Å². The molecule has 240 valence electrons. The molecule has 7 nitrogen and oxygen atoms in total. The van der Waals surface area contributed by atoms with E-state index in [0.29, 0.717) is 22.6 Å². The SMILES string of the molecule is C=C(C)C(=O)OCCOc1cc(CCCCC)cc(OCCOC(=O)C(=C)C)c1-c1ccc(-c2ccc(CCCO)cc2)cc1. The molecule has 0 unspecified atom stereocenters. The fraction of sp³-hybridized carbons (Fsp3) is 0.368. The van der Waals surface area contributed by atoms with Gasteiger partial charge in [-0.1, -0.05) is 81.5 Å². The number of carbonyl (C=O) groups excluding carboxylic acids is 2. The summed E-state index contributed by atoms with van der Waals surface area (Å²) in [6, 6.07) is 20.6. The molecule has 7 heteroatoms. The molecule has 3 aromatic rings. The van der Waals surface area contributed by atoms with Crippen LogP contribution < -0.4 is 9.47 Å². The minimum atomic E-state index is -0.461. The van der Waals surface area contributed by atoms with E-state index in [0.717, 1.165) is 66.3 Å². The van der Waals surface area contributed by atoms with Crippen LogP contribution in [-0.2, 0) is 31.9 Å². The minimum absolute atomic E-state index is 0.0749. The Morgan fingerprint density at radius 3 is 1.58 bits per heavy atom. The van der Waals surface area contributed by atoms with Crippen LogP contribution >= 0.6 is 0 Å². The molecule has 0 aromatic heterocycles. The second-order valence-corrected chi connectivity index (χ2v) is 11.1. The van der Waals surface area contributed by atoms with Crippen molar-refractivity contribution < 1.29 is 33.6 Å². The van der Waals surface area contributed by atoms with Crippen LogP contribution in [0.4, 0.5) is 0 Å². The average molecular weight is 615 g/mol. The third kappa shape index (κ3) is 11.3. The van der Waals surface area contributed by atoms with Gasteiger partial charge in [0.05, 0.1) is 5.56 Å². The normalized spacial score (nSPS) is 10.7. The highest BCUT2D eigenvalue weighted by Crippen LogP contribution is 2.41. The number of esters is 2. The highest BCUT2D eigenvalue weighted by Gasteiger charge is 2.17. The van der Waals surface area contributed by atoms with E-state index in [4.69, 9.17) is 24.1 Å². The molecule has 3 rings (SSSR count). The third-order valence-corrected chi connectivity index (χ3v) is 7.12. The molecular weight excluding hydrogens is 568 g/mol. The Balaban J connectivity index is 1.94. The van der Waals surface area contributed by atoms with Crippen molar-refractivity contribution in [3.05, 3.63) is 96.1 Å². The highest BCUT2D eigenvalue weighted by molar-refractivity contribution is 5.87. The average Bonchev–Trinajstić information content (AvgIpc) is 3.04. The lowest BCUT2D eigenvalue weighted by Crippen LogP contribution is -2.14. The molecule has 45 heavy (non-hydrogen) atoms. The lowest BCUT2D eigenvalue weighted by Gasteiger charge is -2.19. The van der Waals surface area contributed by atoms with Crippen LogP contribution in [0.1, 0.15) is 57.6 Å². The molecule has 0 spiro atoms. The molecule has 1 N–H and O–H groups in total. The van der Waals surface area contributed by atoms with Gasteiger partial charge in [-0.05, 0) is 79.5 Å². The van der Waals surface area contributed by atoms with Crippen LogP contribution in [0, 0.1) is 0 Å². The lowest BCUT2D eigenvalue weighted by molar-refractivity contribution is -0.140. The number of hydrogen-bond donors (Lipinski definition) is 1. The van der Waals surface area contributed by atoms with Crippen molar-refractivity contribution >= 4 is 11.9 Å². The Morgan fingerprint density at radius 2 is 1.11 bits per heavy atom. The predicted molar refractivity (Wildman–Crippen MR) is 178 cm³/mol.